The maximum atomic E-state index is 13.0. The Morgan fingerprint density at radius 3 is 2.47 bits per heavy atom. The van der Waals surface area contributed by atoms with Crippen molar-refractivity contribution in [2.24, 2.45) is 4.99 Å². The summed E-state index contributed by atoms with van der Waals surface area (Å²) in [7, 11) is 0. The molecule has 0 fully saturated rings. The Morgan fingerprint density at radius 1 is 1.03 bits per heavy atom. The molecule has 1 atom stereocenters. The van der Waals surface area contributed by atoms with E-state index in [0.717, 1.165) is 11.1 Å². The Hall–Kier alpha value is -3.44. The van der Waals surface area contributed by atoms with Crippen molar-refractivity contribution in [2.45, 2.75) is 12.8 Å². The summed E-state index contributed by atoms with van der Waals surface area (Å²) < 4.78 is 5.06. The van der Waals surface area contributed by atoms with E-state index < -0.39 is 11.9 Å². The first-order valence-corrected chi connectivity index (χ1v) is 9.96. The molecule has 1 unspecified atom stereocenters. The Morgan fingerprint density at radius 2 is 1.77 bits per heavy atom. The number of ether oxygens (including phenoxy) is 1. The first-order chi connectivity index (χ1) is 14.6. The minimum absolute atomic E-state index is 0.192. The van der Waals surface area contributed by atoms with Crippen molar-refractivity contribution >= 4 is 40.6 Å². The summed E-state index contributed by atoms with van der Waals surface area (Å²) in [6, 6.07) is 21.8. The van der Waals surface area contributed by atoms with Gasteiger partial charge in [0.1, 0.15) is 5.92 Å². The van der Waals surface area contributed by atoms with Crippen LogP contribution in [0.2, 0.25) is 5.02 Å². The van der Waals surface area contributed by atoms with Gasteiger partial charge in [0.25, 0.3) is 0 Å². The van der Waals surface area contributed by atoms with Gasteiger partial charge in [0.05, 0.1) is 23.6 Å². The molecule has 1 aliphatic rings. The highest BCUT2D eigenvalue weighted by Gasteiger charge is 2.36. The van der Waals surface area contributed by atoms with Crippen LogP contribution < -0.4 is 5.32 Å². The van der Waals surface area contributed by atoms with Gasteiger partial charge in [-0.05, 0) is 54.4 Å². The lowest BCUT2D eigenvalue weighted by atomic mass is 9.90. The number of amides is 1. The third-order valence-corrected chi connectivity index (χ3v) is 5.07. The standard InChI is InChI=1S/C24H19ClN2O3/c1-2-30-24(29)16-8-13-19-20(14-16)27-23(28)21(19)22(15-6-4-3-5-7-15)26-18-11-9-17(25)10-12-18/h3-14,21H,2H2,1H3,(H,27,28). The lowest BCUT2D eigenvalue weighted by Gasteiger charge is -2.14. The van der Waals surface area contributed by atoms with Crippen LogP contribution in [0.3, 0.4) is 0 Å². The lowest BCUT2D eigenvalue weighted by molar-refractivity contribution is -0.115. The van der Waals surface area contributed by atoms with Gasteiger partial charge in [-0.25, -0.2) is 4.79 Å². The monoisotopic (exact) mass is 418 g/mol. The molecule has 0 aromatic heterocycles. The molecule has 3 aromatic rings. The van der Waals surface area contributed by atoms with Crippen LogP contribution in [0.15, 0.2) is 77.8 Å². The van der Waals surface area contributed by atoms with Gasteiger partial charge in [0, 0.05) is 10.7 Å². The summed E-state index contributed by atoms with van der Waals surface area (Å²) >= 11 is 5.99. The highest BCUT2D eigenvalue weighted by atomic mass is 35.5. The molecular weight excluding hydrogens is 400 g/mol. The zero-order valence-corrected chi connectivity index (χ0v) is 17.0. The molecule has 0 saturated carbocycles. The molecule has 1 aliphatic heterocycles. The number of esters is 1. The molecule has 0 bridgehead atoms. The van der Waals surface area contributed by atoms with Crippen LogP contribution in [0.1, 0.15) is 34.3 Å². The number of aliphatic imine (C=N–C) groups is 1. The van der Waals surface area contributed by atoms with Crippen LogP contribution in [0.4, 0.5) is 11.4 Å². The number of nitrogens with zero attached hydrogens (tertiary/aromatic N) is 1. The quantitative estimate of drug-likeness (QED) is 0.447. The van der Waals surface area contributed by atoms with E-state index in [-0.39, 0.29) is 12.5 Å². The molecule has 0 saturated heterocycles. The molecule has 0 radical (unpaired) electrons. The predicted molar refractivity (Wildman–Crippen MR) is 118 cm³/mol. The minimum Gasteiger partial charge on any atom is -0.462 e. The molecule has 0 aliphatic carbocycles. The predicted octanol–water partition coefficient (Wildman–Crippen LogP) is 5.37. The number of benzene rings is 3. The number of carbonyl (C=O) groups excluding carboxylic acids is 2. The maximum absolute atomic E-state index is 13.0. The molecule has 1 amide bonds. The van der Waals surface area contributed by atoms with Gasteiger partial charge in [-0.15, -0.1) is 0 Å². The van der Waals surface area contributed by atoms with Crippen LogP contribution in [0.5, 0.6) is 0 Å². The van der Waals surface area contributed by atoms with Crippen LogP contribution in [-0.4, -0.2) is 24.2 Å². The van der Waals surface area contributed by atoms with Crippen molar-refractivity contribution in [1.29, 1.82) is 0 Å². The summed E-state index contributed by atoms with van der Waals surface area (Å²) in [5.41, 5.74) is 3.92. The van der Waals surface area contributed by atoms with Gasteiger partial charge in [0.2, 0.25) is 5.91 Å². The number of carbonyl (C=O) groups is 2. The van der Waals surface area contributed by atoms with E-state index >= 15 is 0 Å². The van der Waals surface area contributed by atoms with Crippen molar-refractivity contribution in [3.05, 3.63) is 94.5 Å². The molecule has 1 N–H and O–H groups in total. The van der Waals surface area contributed by atoms with Gasteiger partial charge < -0.3 is 10.1 Å². The molecule has 0 spiro atoms. The molecule has 5 nitrogen and oxygen atoms in total. The van der Waals surface area contributed by atoms with E-state index in [1.165, 1.54) is 0 Å². The minimum atomic E-state index is -0.602. The number of hydrogen-bond acceptors (Lipinski definition) is 4. The van der Waals surface area contributed by atoms with Crippen molar-refractivity contribution < 1.29 is 14.3 Å². The summed E-state index contributed by atoms with van der Waals surface area (Å²) in [5.74, 6) is -1.21. The van der Waals surface area contributed by atoms with Crippen LogP contribution in [-0.2, 0) is 9.53 Å². The van der Waals surface area contributed by atoms with Crippen molar-refractivity contribution in [3.63, 3.8) is 0 Å². The lowest BCUT2D eigenvalue weighted by Crippen LogP contribution is -2.21. The fourth-order valence-electron chi connectivity index (χ4n) is 3.43. The van der Waals surface area contributed by atoms with Crippen LogP contribution in [0, 0.1) is 0 Å². The normalized spacial score (nSPS) is 15.5. The van der Waals surface area contributed by atoms with E-state index in [2.05, 4.69) is 5.32 Å². The molecule has 3 aromatic carbocycles. The molecule has 150 valence electrons. The number of nitrogens with one attached hydrogen (secondary N) is 1. The molecule has 4 rings (SSSR count). The number of halogens is 1. The summed E-state index contributed by atoms with van der Waals surface area (Å²) in [5, 5.41) is 3.50. The van der Waals surface area contributed by atoms with E-state index in [4.69, 9.17) is 21.3 Å². The first kappa shape index (κ1) is 19.9. The van der Waals surface area contributed by atoms with Gasteiger partial charge >= 0.3 is 5.97 Å². The molecule has 1 heterocycles. The summed E-state index contributed by atoms with van der Waals surface area (Å²) in [6.45, 7) is 2.04. The Balaban J connectivity index is 1.80. The van der Waals surface area contributed by atoms with Crippen molar-refractivity contribution in [2.75, 3.05) is 11.9 Å². The fraction of sp³-hybridized carbons (Fsp3) is 0.125. The highest BCUT2D eigenvalue weighted by Crippen LogP contribution is 2.37. The van der Waals surface area contributed by atoms with Gasteiger partial charge in [-0.2, -0.15) is 0 Å². The number of rotatable bonds is 5. The SMILES string of the molecule is CCOC(=O)c1ccc2c(c1)NC(=O)C2C(=Nc1ccc(Cl)cc1)c1ccccc1. The Labute approximate surface area is 179 Å². The number of anilines is 1. The second-order valence-electron chi connectivity index (χ2n) is 6.78. The molecule has 6 heteroatoms. The van der Waals surface area contributed by atoms with Crippen molar-refractivity contribution in [3.8, 4) is 0 Å². The first-order valence-electron chi connectivity index (χ1n) is 9.58. The smallest absolute Gasteiger partial charge is 0.338 e. The molecular formula is C24H19ClN2O3. The van der Waals surface area contributed by atoms with Gasteiger partial charge in [-0.3, -0.25) is 9.79 Å². The van der Waals surface area contributed by atoms with Crippen LogP contribution in [0.25, 0.3) is 0 Å². The van der Waals surface area contributed by atoms with Gasteiger partial charge in [-0.1, -0.05) is 48.0 Å². The Kier molecular flexibility index (Phi) is 5.63. The van der Waals surface area contributed by atoms with Crippen LogP contribution >= 0.6 is 11.6 Å². The molecule has 30 heavy (non-hydrogen) atoms. The number of hydrogen-bond donors (Lipinski definition) is 1. The van der Waals surface area contributed by atoms with Crippen molar-refractivity contribution in [1.82, 2.24) is 0 Å². The van der Waals surface area contributed by atoms with E-state index in [1.807, 2.05) is 42.5 Å². The average molecular weight is 419 g/mol. The summed E-state index contributed by atoms with van der Waals surface area (Å²) in [6.07, 6.45) is 0. The Bertz CT molecular complexity index is 1120. The number of fused-ring (bicyclic) bond motifs is 1. The second kappa shape index (κ2) is 8.51. The topological polar surface area (TPSA) is 67.8 Å². The second-order valence-corrected chi connectivity index (χ2v) is 7.22. The van der Waals surface area contributed by atoms with E-state index in [1.54, 1.807) is 37.3 Å². The van der Waals surface area contributed by atoms with E-state index in [0.29, 0.717) is 27.7 Å². The van der Waals surface area contributed by atoms with E-state index in [9.17, 15) is 9.59 Å². The third-order valence-electron chi connectivity index (χ3n) is 4.81. The van der Waals surface area contributed by atoms with Gasteiger partial charge in [0.15, 0.2) is 0 Å². The zero-order chi connectivity index (χ0) is 21.1. The maximum Gasteiger partial charge on any atom is 0.338 e. The largest absolute Gasteiger partial charge is 0.462 e. The zero-order valence-electron chi connectivity index (χ0n) is 16.3. The third kappa shape index (κ3) is 3.98. The average Bonchev–Trinajstić information content (AvgIpc) is 3.09. The summed E-state index contributed by atoms with van der Waals surface area (Å²) in [4.78, 5) is 29.8. The fourth-order valence-corrected chi connectivity index (χ4v) is 3.56. The highest BCUT2D eigenvalue weighted by molar-refractivity contribution is 6.30.